The Bertz CT molecular complexity index is 858. The molecule has 0 aliphatic heterocycles. The second-order valence-electron chi connectivity index (χ2n) is 5.38. The van der Waals surface area contributed by atoms with Gasteiger partial charge in [0.05, 0.1) is 5.39 Å². The molecule has 8 heteroatoms. The van der Waals surface area contributed by atoms with Crippen LogP contribution in [-0.4, -0.2) is 30.6 Å². The second kappa shape index (κ2) is 8.09. The summed E-state index contributed by atoms with van der Waals surface area (Å²) < 4.78 is 10.1. The third kappa shape index (κ3) is 4.90. The largest absolute Gasteiger partial charge is 0.450 e. The van der Waals surface area contributed by atoms with Crippen molar-refractivity contribution in [2.24, 2.45) is 0 Å². The number of fused-ring (bicyclic) bond motifs is 1. The molecule has 8 nitrogen and oxygen atoms in total. The van der Waals surface area contributed by atoms with Crippen molar-refractivity contribution in [2.75, 3.05) is 6.61 Å². The van der Waals surface area contributed by atoms with Gasteiger partial charge in [0.2, 0.25) is 5.76 Å². The molecule has 25 heavy (non-hydrogen) atoms. The van der Waals surface area contributed by atoms with Crippen LogP contribution in [-0.2, 0) is 9.53 Å². The first-order chi connectivity index (χ1) is 11.9. The Hall–Kier alpha value is -3.16. The molecule has 0 aliphatic carbocycles. The summed E-state index contributed by atoms with van der Waals surface area (Å²) in [5.74, 6) is -2.09. The van der Waals surface area contributed by atoms with E-state index in [1.165, 1.54) is 0 Å². The number of carbonyl (C=O) groups is 3. The molecule has 3 amide bonds. The first-order valence-corrected chi connectivity index (χ1v) is 7.71. The van der Waals surface area contributed by atoms with Gasteiger partial charge in [-0.25, -0.2) is 9.59 Å². The van der Waals surface area contributed by atoms with E-state index in [-0.39, 0.29) is 17.4 Å². The number of hydrogen-bond donors (Lipinski definition) is 2. The third-order valence-electron chi connectivity index (χ3n) is 3.41. The molecular formula is C17H18N2O6. The number of urea groups is 1. The summed E-state index contributed by atoms with van der Waals surface area (Å²) in [7, 11) is 0. The monoisotopic (exact) mass is 346 g/mol. The summed E-state index contributed by atoms with van der Waals surface area (Å²) in [4.78, 5) is 46.9. The van der Waals surface area contributed by atoms with Gasteiger partial charge in [0.25, 0.3) is 5.91 Å². The molecule has 0 radical (unpaired) electrons. The zero-order valence-electron chi connectivity index (χ0n) is 13.8. The van der Waals surface area contributed by atoms with Crippen LogP contribution >= 0.6 is 0 Å². The first kappa shape index (κ1) is 18.2. The molecule has 1 heterocycles. The number of hydrogen-bond acceptors (Lipinski definition) is 6. The minimum atomic E-state index is -0.972. The van der Waals surface area contributed by atoms with Gasteiger partial charge in [-0.2, -0.15) is 0 Å². The van der Waals surface area contributed by atoms with Gasteiger partial charge < -0.3 is 14.5 Å². The SMILES string of the molecule is CC[C@H](C)NC(=O)NC(=O)COC(=O)c1cc(=O)c2ccccc2o1. The van der Waals surface area contributed by atoms with Crippen LogP contribution in [0, 0.1) is 0 Å². The Morgan fingerprint density at radius 3 is 2.68 bits per heavy atom. The van der Waals surface area contributed by atoms with Crippen molar-refractivity contribution in [3.63, 3.8) is 0 Å². The van der Waals surface area contributed by atoms with E-state index < -0.39 is 29.9 Å². The van der Waals surface area contributed by atoms with Gasteiger partial charge in [0.1, 0.15) is 5.58 Å². The van der Waals surface area contributed by atoms with Gasteiger partial charge in [-0.15, -0.1) is 0 Å². The quantitative estimate of drug-likeness (QED) is 0.794. The maximum Gasteiger partial charge on any atom is 0.374 e. The number of rotatable bonds is 5. The smallest absolute Gasteiger partial charge is 0.374 e. The summed E-state index contributed by atoms with van der Waals surface area (Å²) >= 11 is 0. The average Bonchev–Trinajstić information content (AvgIpc) is 2.59. The van der Waals surface area contributed by atoms with Crippen molar-refractivity contribution in [3.8, 4) is 0 Å². The zero-order valence-corrected chi connectivity index (χ0v) is 13.8. The molecule has 0 saturated heterocycles. The molecule has 0 bridgehead atoms. The van der Waals surface area contributed by atoms with Crippen molar-refractivity contribution in [2.45, 2.75) is 26.3 Å². The topological polar surface area (TPSA) is 115 Å². The van der Waals surface area contributed by atoms with E-state index in [0.717, 1.165) is 6.07 Å². The number of esters is 1. The molecule has 1 aromatic heterocycles. The number of amides is 3. The van der Waals surface area contributed by atoms with Crippen LogP contribution in [0.5, 0.6) is 0 Å². The molecule has 0 aliphatic rings. The van der Waals surface area contributed by atoms with Gasteiger partial charge in [-0.3, -0.25) is 14.9 Å². The second-order valence-corrected chi connectivity index (χ2v) is 5.38. The van der Waals surface area contributed by atoms with Crippen LogP contribution in [0.3, 0.4) is 0 Å². The number of ether oxygens (including phenoxy) is 1. The number of carbonyl (C=O) groups excluding carboxylic acids is 3. The lowest BCUT2D eigenvalue weighted by Gasteiger charge is -2.11. The van der Waals surface area contributed by atoms with Gasteiger partial charge >= 0.3 is 12.0 Å². The maximum absolute atomic E-state index is 11.9. The fraction of sp³-hybridized carbons (Fsp3) is 0.294. The van der Waals surface area contributed by atoms with Gasteiger partial charge in [0, 0.05) is 12.1 Å². The highest BCUT2D eigenvalue weighted by Crippen LogP contribution is 2.12. The Labute approximate surface area is 143 Å². The lowest BCUT2D eigenvalue weighted by Crippen LogP contribution is -2.44. The molecule has 0 saturated carbocycles. The molecule has 1 aromatic carbocycles. The molecule has 132 valence electrons. The summed E-state index contributed by atoms with van der Waals surface area (Å²) in [6, 6.07) is 6.67. The highest BCUT2D eigenvalue weighted by Gasteiger charge is 2.16. The van der Waals surface area contributed by atoms with E-state index >= 15 is 0 Å². The predicted octanol–water partition coefficient (Wildman–Crippen LogP) is 1.57. The Balaban J connectivity index is 1.95. The normalized spacial score (nSPS) is 11.6. The fourth-order valence-corrected chi connectivity index (χ4v) is 1.93. The number of nitrogens with one attached hydrogen (secondary N) is 2. The summed E-state index contributed by atoms with van der Waals surface area (Å²) in [5, 5.41) is 4.90. The maximum atomic E-state index is 11.9. The molecular weight excluding hydrogens is 328 g/mol. The number of para-hydroxylation sites is 1. The van der Waals surface area contributed by atoms with E-state index in [0.29, 0.717) is 11.8 Å². The lowest BCUT2D eigenvalue weighted by molar-refractivity contribution is -0.123. The molecule has 0 unspecified atom stereocenters. The van der Waals surface area contributed by atoms with Crippen LogP contribution < -0.4 is 16.1 Å². The van der Waals surface area contributed by atoms with Crippen LogP contribution in [0.1, 0.15) is 30.8 Å². The Kier molecular flexibility index (Phi) is 5.89. The molecule has 0 spiro atoms. The standard InChI is InChI=1S/C17H18N2O6/c1-3-10(2)18-17(23)19-15(21)9-24-16(22)14-8-12(20)11-6-4-5-7-13(11)25-14/h4-8,10H,3,9H2,1-2H3,(H2,18,19,21,23)/t10-/m0/s1. The van der Waals surface area contributed by atoms with Gasteiger partial charge in [-0.1, -0.05) is 19.1 Å². The molecule has 2 aromatic rings. The molecule has 1 atom stereocenters. The minimum absolute atomic E-state index is 0.0952. The molecule has 2 rings (SSSR count). The van der Waals surface area contributed by atoms with Crippen molar-refractivity contribution < 1.29 is 23.5 Å². The third-order valence-corrected chi connectivity index (χ3v) is 3.41. The van der Waals surface area contributed by atoms with Crippen molar-refractivity contribution in [3.05, 3.63) is 46.3 Å². The van der Waals surface area contributed by atoms with Crippen molar-refractivity contribution in [1.29, 1.82) is 0 Å². The Morgan fingerprint density at radius 1 is 1.24 bits per heavy atom. The van der Waals surface area contributed by atoms with Crippen molar-refractivity contribution in [1.82, 2.24) is 10.6 Å². The Morgan fingerprint density at radius 2 is 1.96 bits per heavy atom. The van der Waals surface area contributed by atoms with Gasteiger partial charge in [0.15, 0.2) is 12.0 Å². The van der Waals surface area contributed by atoms with Crippen molar-refractivity contribution >= 4 is 28.9 Å². The van der Waals surface area contributed by atoms with Crippen LogP contribution in [0.2, 0.25) is 0 Å². The number of benzene rings is 1. The van der Waals surface area contributed by atoms with Gasteiger partial charge in [-0.05, 0) is 25.5 Å². The van der Waals surface area contributed by atoms with E-state index in [4.69, 9.17) is 9.15 Å². The lowest BCUT2D eigenvalue weighted by atomic mass is 10.2. The highest BCUT2D eigenvalue weighted by molar-refractivity contribution is 5.96. The minimum Gasteiger partial charge on any atom is -0.450 e. The van der Waals surface area contributed by atoms with E-state index in [9.17, 15) is 19.2 Å². The molecule has 0 fully saturated rings. The van der Waals surface area contributed by atoms with Crippen LogP contribution in [0.4, 0.5) is 4.79 Å². The predicted molar refractivity (Wildman–Crippen MR) is 89.2 cm³/mol. The van der Waals surface area contributed by atoms with E-state index in [1.807, 2.05) is 12.2 Å². The summed E-state index contributed by atoms with van der Waals surface area (Å²) in [5.41, 5.74) is -0.162. The van der Waals surface area contributed by atoms with E-state index in [1.54, 1.807) is 31.2 Å². The van der Waals surface area contributed by atoms with E-state index in [2.05, 4.69) is 5.32 Å². The summed E-state index contributed by atoms with van der Waals surface area (Å²) in [6.45, 7) is 2.99. The zero-order chi connectivity index (χ0) is 18.4. The fourth-order valence-electron chi connectivity index (χ4n) is 1.93. The highest BCUT2D eigenvalue weighted by atomic mass is 16.5. The number of imide groups is 1. The van der Waals surface area contributed by atoms with Crippen LogP contribution in [0.15, 0.2) is 39.5 Å². The van der Waals surface area contributed by atoms with Crippen LogP contribution in [0.25, 0.3) is 11.0 Å². The average molecular weight is 346 g/mol. The molecule has 2 N–H and O–H groups in total. The first-order valence-electron chi connectivity index (χ1n) is 7.71. The summed E-state index contributed by atoms with van der Waals surface area (Å²) in [6.07, 6.45) is 0.706.